The number of Topliss-reactive ketones (excluding diaryl/α,β-unsaturated/α-hetero) is 1. The van der Waals surface area contributed by atoms with Gasteiger partial charge in [-0.25, -0.2) is 4.79 Å². The van der Waals surface area contributed by atoms with E-state index < -0.39 is 30.3 Å². The minimum Gasteiger partial charge on any atom is -0.497 e. The average Bonchev–Trinajstić information content (AvgIpc) is 2.69. The van der Waals surface area contributed by atoms with Gasteiger partial charge in [0.1, 0.15) is 23.4 Å². The van der Waals surface area contributed by atoms with Crippen molar-refractivity contribution in [1.82, 2.24) is 5.32 Å². The molecule has 1 amide bonds. The van der Waals surface area contributed by atoms with Crippen LogP contribution in [0.2, 0.25) is 0 Å². The molecule has 1 aromatic rings. The molecule has 0 aliphatic carbocycles. The Morgan fingerprint density at radius 3 is 2.34 bits per heavy atom. The summed E-state index contributed by atoms with van der Waals surface area (Å²) in [7, 11) is 1.56. The molecule has 1 aromatic carbocycles. The SMILES string of the molecule is COc1ccc(C=CC(=O)NC(C(=O)OCC(=O)C(C#N)=C(C)N)C(C)C)cc1. The number of methoxy groups -OCH3 is 1. The number of benzene rings is 1. The van der Waals surface area contributed by atoms with Crippen LogP contribution in [0, 0.1) is 17.2 Å². The van der Waals surface area contributed by atoms with Crippen LogP contribution in [0.4, 0.5) is 0 Å². The number of hydrogen-bond donors (Lipinski definition) is 2. The van der Waals surface area contributed by atoms with Crippen LogP contribution in [0.3, 0.4) is 0 Å². The minimum absolute atomic E-state index is 0.0472. The molecular weight excluding hydrogens is 374 g/mol. The molecular formula is C21H25N3O5. The molecule has 1 atom stereocenters. The number of nitriles is 1. The molecule has 0 saturated carbocycles. The van der Waals surface area contributed by atoms with E-state index in [2.05, 4.69) is 5.32 Å². The van der Waals surface area contributed by atoms with Gasteiger partial charge in [-0.1, -0.05) is 26.0 Å². The number of nitrogens with zero attached hydrogens (tertiary/aromatic N) is 1. The zero-order valence-electron chi connectivity index (χ0n) is 16.9. The Labute approximate surface area is 170 Å². The molecule has 1 rings (SSSR count). The van der Waals surface area contributed by atoms with E-state index in [-0.39, 0.29) is 17.2 Å². The molecule has 0 saturated heterocycles. The maximum absolute atomic E-state index is 12.3. The van der Waals surface area contributed by atoms with Crippen molar-refractivity contribution in [3.8, 4) is 11.8 Å². The van der Waals surface area contributed by atoms with Crippen molar-refractivity contribution in [3.63, 3.8) is 0 Å². The molecule has 8 heteroatoms. The van der Waals surface area contributed by atoms with Crippen molar-refractivity contribution < 1.29 is 23.9 Å². The zero-order chi connectivity index (χ0) is 22.0. The largest absolute Gasteiger partial charge is 0.497 e. The van der Waals surface area contributed by atoms with Gasteiger partial charge >= 0.3 is 5.97 Å². The van der Waals surface area contributed by atoms with Crippen LogP contribution < -0.4 is 15.8 Å². The van der Waals surface area contributed by atoms with Crippen molar-refractivity contribution >= 4 is 23.7 Å². The van der Waals surface area contributed by atoms with E-state index in [4.69, 9.17) is 20.5 Å². The maximum Gasteiger partial charge on any atom is 0.329 e. The maximum atomic E-state index is 12.3. The Balaban J connectivity index is 2.71. The van der Waals surface area contributed by atoms with E-state index in [0.29, 0.717) is 5.75 Å². The Morgan fingerprint density at radius 1 is 1.24 bits per heavy atom. The van der Waals surface area contributed by atoms with E-state index >= 15 is 0 Å². The first-order valence-corrected chi connectivity index (χ1v) is 8.88. The smallest absolute Gasteiger partial charge is 0.329 e. The number of nitrogens with two attached hydrogens (primary N) is 1. The van der Waals surface area contributed by atoms with Gasteiger partial charge in [0.2, 0.25) is 11.7 Å². The summed E-state index contributed by atoms with van der Waals surface area (Å²) in [4.78, 5) is 36.4. The summed E-state index contributed by atoms with van der Waals surface area (Å²) in [5.74, 6) is -1.54. The number of esters is 1. The number of allylic oxidation sites excluding steroid dienone is 1. The number of ketones is 1. The van der Waals surface area contributed by atoms with Gasteiger partial charge in [0.15, 0.2) is 6.61 Å². The second-order valence-corrected chi connectivity index (χ2v) is 6.54. The van der Waals surface area contributed by atoms with Gasteiger partial charge in [0.25, 0.3) is 0 Å². The van der Waals surface area contributed by atoms with Crippen molar-refractivity contribution in [2.24, 2.45) is 11.7 Å². The standard InChI is InChI=1S/C21H25N3O5/c1-13(2)20(21(27)29-12-18(25)17(11-22)14(3)23)24-19(26)10-7-15-5-8-16(28-4)9-6-15/h5-10,13,20H,12,23H2,1-4H3,(H,24,26). The highest BCUT2D eigenvalue weighted by molar-refractivity contribution is 6.01. The van der Waals surface area contributed by atoms with Gasteiger partial charge in [-0.2, -0.15) is 5.26 Å². The summed E-state index contributed by atoms with van der Waals surface area (Å²) in [6, 6.07) is 7.80. The van der Waals surface area contributed by atoms with Gasteiger partial charge in [-0.3, -0.25) is 9.59 Å². The molecule has 0 aromatic heterocycles. The van der Waals surface area contributed by atoms with Crippen LogP contribution in [0.15, 0.2) is 41.6 Å². The minimum atomic E-state index is -0.954. The predicted octanol–water partition coefficient (Wildman–Crippen LogP) is 1.72. The highest BCUT2D eigenvalue weighted by Crippen LogP contribution is 2.12. The van der Waals surface area contributed by atoms with E-state index in [1.807, 2.05) is 0 Å². The first kappa shape index (κ1) is 23.4. The number of carbonyl (C=O) groups is 3. The first-order chi connectivity index (χ1) is 13.7. The number of rotatable bonds is 9. The van der Waals surface area contributed by atoms with Crippen molar-refractivity contribution in [2.45, 2.75) is 26.8 Å². The van der Waals surface area contributed by atoms with Crippen LogP contribution in [0.1, 0.15) is 26.3 Å². The highest BCUT2D eigenvalue weighted by Gasteiger charge is 2.26. The van der Waals surface area contributed by atoms with E-state index in [1.54, 1.807) is 57.4 Å². The predicted molar refractivity (Wildman–Crippen MR) is 107 cm³/mol. The topological polar surface area (TPSA) is 132 Å². The second kappa shape index (κ2) is 11.3. The molecule has 0 bridgehead atoms. The van der Waals surface area contributed by atoms with Crippen LogP contribution in [-0.4, -0.2) is 37.4 Å². The fourth-order valence-corrected chi connectivity index (χ4v) is 2.26. The molecule has 3 N–H and O–H groups in total. The Hall–Kier alpha value is -3.60. The van der Waals surface area contributed by atoms with E-state index in [0.717, 1.165) is 5.56 Å². The zero-order valence-corrected chi connectivity index (χ0v) is 16.9. The van der Waals surface area contributed by atoms with Gasteiger partial charge in [0.05, 0.1) is 7.11 Å². The number of nitrogens with one attached hydrogen (secondary N) is 1. The summed E-state index contributed by atoms with van der Waals surface area (Å²) >= 11 is 0. The number of amides is 1. The van der Waals surface area contributed by atoms with Crippen LogP contribution >= 0.6 is 0 Å². The molecule has 0 fully saturated rings. The Bertz CT molecular complexity index is 844. The quantitative estimate of drug-likeness (QED) is 0.367. The van der Waals surface area contributed by atoms with Gasteiger partial charge < -0.3 is 20.5 Å². The van der Waals surface area contributed by atoms with Crippen LogP contribution in [0.5, 0.6) is 5.75 Å². The lowest BCUT2D eigenvalue weighted by Gasteiger charge is -2.19. The lowest BCUT2D eigenvalue weighted by molar-refractivity contribution is -0.151. The molecule has 0 radical (unpaired) electrons. The van der Waals surface area contributed by atoms with E-state index in [1.165, 1.54) is 13.0 Å². The van der Waals surface area contributed by atoms with Gasteiger partial charge in [-0.15, -0.1) is 0 Å². The van der Waals surface area contributed by atoms with Crippen LogP contribution in [-0.2, 0) is 19.1 Å². The lowest BCUT2D eigenvalue weighted by Crippen LogP contribution is -2.45. The fourth-order valence-electron chi connectivity index (χ4n) is 2.26. The molecule has 154 valence electrons. The summed E-state index contributed by atoms with van der Waals surface area (Å²) in [5.41, 5.74) is 6.02. The molecule has 29 heavy (non-hydrogen) atoms. The Morgan fingerprint density at radius 2 is 1.86 bits per heavy atom. The van der Waals surface area contributed by atoms with Crippen molar-refractivity contribution in [3.05, 3.63) is 47.2 Å². The molecule has 1 unspecified atom stereocenters. The van der Waals surface area contributed by atoms with Crippen LogP contribution in [0.25, 0.3) is 6.08 Å². The summed E-state index contributed by atoms with van der Waals surface area (Å²) < 4.78 is 10.0. The third-order valence-corrected chi connectivity index (χ3v) is 3.89. The first-order valence-electron chi connectivity index (χ1n) is 8.88. The van der Waals surface area contributed by atoms with Crippen molar-refractivity contribution in [2.75, 3.05) is 13.7 Å². The molecule has 8 nitrogen and oxygen atoms in total. The second-order valence-electron chi connectivity index (χ2n) is 6.54. The number of hydrogen-bond acceptors (Lipinski definition) is 7. The normalized spacial score (nSPS) is 12.7. The van der Waals surface area contributed by atoms with Gasteiger partial charge in [0, 0.05) is 11.8 Å². The van der Waals surface area contributed by atoms with Crippen molar-refractivity contribution in [1.29, 1.82) is 5.26 Å². The number of carbonyl (C=O) groups excluding carboxylic acids is 3. The summed E-state index contributed by atoms with van der Waals surface area (Å²) in [6.07, 6.45) is 2.89. The van der Waals surface area contributed by atoms with E-state index in [9.17, 15) is 14.4 Å². The monoisotopic (exact) mass is 399 g/mol. The summed E-state index contributed by atoms with van der Waals surface area (Å²) in [6.45, 7) is 4.24. The number of ether oxygens (including phenoxy) is 2. The average molecular weight is 399 g/mol. The third kappa shape index (κ3) is 7.50. The Kier molecular flexibility index (Phi) is 9.13. The van der Waals surface area contributed by atoms with Gasteiger partial charge in [-0.05, 0) is 36.6 Å². The summed E-state index contributed by atoms with van der Waals surface area (Å²) in [5, 5.41) is 11.5. The fraction of sp³-hybridized carbons (Fsp3) is 0.333. The molecule has 0 heterocycles. The molecule has 0 spiro atoms. The lowest BCUT2D eigenvalue weighted by atomic mass is 10.0. The highest BCUT2D eigenvalue weighted by atomic mass is 16.5. The molecule has 0 aliphatic heterocycles. The third-order valence-electron chi connectivity index (χ3n) is 3.89. The molecule has 0 aliphatic rings.